The van der Waals surface area contributed by atoms with Crippen molar-refractivity contribution in [1.82, 2.24) is 5.32 Å². The van der Waals surface area contributed by atoms with Gasteiger partial charge in [-0.2, -0.15) is 0 Å². The molecule has 0 unspecified atom stereocenters. The summed E-state index contributed by atoms with van der Waals surface area (Å²) < 4.78 is 50.8. The minimum absolute atomic E-state index is 0.172. The standard InChI is InChI=1S/C14H20F3NO3/c1-19-9-10-20-8-4-7-18-11-12-5-2-3-6-13(12)21-14(15,16)17/h2-3,5-6,18H,4,7-11H2,1H3. The maximum absolute atomic E-state index is 12.2. The van der Waals surface area contributed by atoms with Crippen LogP contribution in [0.4, 0.5) is 13.2 Å². The van der Waals surface area contributed by atoms with Crippen molar-refractivity contribution in [2.75, 3.05) is 33.5 Å². The van der Waals surface area contributed by atoms with Gasteiger partial charge in [0, 0.05) is 25.8 Å². The van der Waals surface area contributed by atoms with Crippen molar-refractivity contribution in [2.45, 2.75) is 19.3 Å². The van der Waals surface area contributed by atoms with E-state index in [-0.39, 0.29) is 5.75 Å². The molecule has 120 valence electrons. The number of rotatable bonds is 10. The molecule has 1 N–H and O–H groups in total. The molecule has 0 aromatic heterocycles. The first-order chi connectivity index (χ1) is 10.0. The predicted molar refractivity (Wildman–Crippen MR) is 72.1 cm³/mol. The highest BCUT2D eigenvalue weighted by Crippen LogP contribution is 2.25. The lowest BCUT2D eigenvalue weighted by atomic mass is 10.2. The quantitative estimate of drug-likeness (QED) is 0.675. The fourth-order valence-corrected chi connectivity index (χ4v) is 1.64. The highest BCUT2D eigenvalue weighted by molar-refractivity contribution is 5.33. The molecular weight excluding hydrogens is 287 g/mol. The molecule has 0 atom stereocenters. The molecule has 0 fully saturated rings. The van der Waals surface area contributed by atoms with E-state index in [2.05, 4.69) is 10.1 Å². The Hall–Kier alpha value is -1.31. The Bertz CT molecular complexity index is 399. The third-order valence-corrected chi connectivity index (χ3v) is 2.59. The SMILES string of the molecule is COCCOCCCNCc1ccccc1OC(F)(F)F. The first-order valence-electron chi connectivity index (χ1n) is 6.64. The molecule has 0 aliphatic carbocycles. The fraction of sp³-hybridized carbons (Fsp3) is 0.571. The van der Waals surface area contributed by atoms with Crippen LogP contribution >= 0.6 is 0 Å². The summed E-state index contributed by atoms with van der Waals surface area (Å²) in [6.07, 6.45) is -3.91. The Morgan fingerprint density at radius 3 is 2.57 bits per heavy atom. The number of halogens is 3. The van der Waals surface area contributed by atoms with Crippen LogP contribution < -0.4 is 10.1 Å². The van der Waals surface area contributed by atoms with E-state index in [9.17, 15) is 13.2 Å². The number of para-hydroxylation sites is 1. The molecule has 7 heteroatoms. The Morgan fingerprint density at radius 2 is 1.86 bits per heavy atom. The molecule has 4 nitrogen and oxygen atoms in total. The molecule has 0 heterocycles. The average molecular weight is 307 g/mol. The summed E-state index contributed by atoms with van der Waals surface area (Å²) in [6.45, 7) is 2.63. The second-order valence-corrected chi connectivity index (χ2v) is 4.29. The van der Waals surface area contributed by atoms with Crippen LogP contribution in [-0.4, -0.2) is 39.8 Å². The maximum Gasteiger partial charge on any atom is 0.573 e. The summed E-state index contributed by atoms with van der Waals surface area (Å²) in [6, 6.07) is 6.09. The maximum atomic E-state index is 12.2. The van der Waals surface area contributed by atoms with Crippen LogP contribution in [0.5, 0.6) is 5.75 Å². The van der Waals surface area contributed by atoms with Gasteiger partial charge in [0.2, 0.25) is 0 Å². The van der Waals surface area contributed by atoms with Crippen molar-refractivity contribution in [3.8, 4) is 5.75 Å². The van der Waals surface area contributed by atoms with Gasteiger partial charge in [-0.1, -0.05) is 18.2 Å². The molecule has 1 aromatic rings. The number of nitrogens with one attached hydrogen (secondary N) is 1. The van der Waals surface area contributed by atoms with Crippen LogP contribution in [0.25, 0.3) is 0 Å². The van der Waals surface area contributed by atoms with Gasteiger partial charge in [0.25, 0.3) is 0 Å². The largest absolute Gasteiger partial charge is 0.573 e. The highest BCUT2D eigenvalue weighted by Gasteiger charge is 2.31. The smallest absolute Gasteiger partial charge is 0.405 e. The fourth-order valence-electron chi connectivity index (χ4n) is 1.64. The molecule has 21 heavy (non-hydrogen) atoms. The molecule has 0 radical (unpaired) electrons. The zero-order valence-electron chi connectivity index (χ0n) is 11.9. The predicted octanol–water partition coefficient (Wildman–Crippen LogP) is 2.73. The van der Waals surface area contributed by atoms with Crippen molar-refractivity contribution in [3.63, 3.8) is 0 Å². The van der Waals surface area contributed by atoms with E-state index in [0.29, 0.717) is 38.5 Å². The molecule has 0 bridgehead atoms. The third kappa shape index (κ3) is 8.54. The molecule has 1 rings (SSSR count). The second kappa shape index (κ2) is 9.59. The van der Waals surface area contributed by atoms with E-state index in [0.717, 1.165) is 6.42 Å². The number of benzene rings is 1. The summed E-state index contributed by atoms with van der Waals surface area (Å²) in [5, 5.41) is 3.06. The van der Waals surface area contributed by atoms with Gasteiger partial charge in [0.05, 0.1) is 13.2 Å². The number of hydrogen-bond donors (Lipinski definition) is 1. The van der Waals surface area contributed by atoms with E-state index in [1.165, 1.54) is 12.1 Å². The van der Waals surface area contributed by atoms with E-state index in [1.54, 1.807) is 19.2 Å². The minimum Gasteiger partial charge on any atom is -0.405 e. The Labute approximate surface area is 122 Å². The molecule has 0 saturated carbocycles. The monoisotopic (exact) mass is 307 g/mol. The summed E-state index contributed by atoms with van der Waals surface area (Å²) >= 11 is 0. The molecule has 0 aliphatic rings. The number of methoxy groups -OCH3 is 1. The lowest BCUT2D eigenvalue weighted by molar-refractivity contribution is -0.274. The molecule has 0 saturated heterocycles. The van der Waals surface area contributed by atoms with Crippen LogP contribution in [-0.2, 0) is 16.0 Å². The van der Waals surface area contributed by atoms with Crippen molar-refractivity contribution in [1.29, 1.82) is 0 Å². The molecule has 0 amide bonds. The van der Waals surface area contributed by atoms with Gasteiger partial charge in [-0.3, -0.25) is 0 Å². The van der Waals surface area contributed by atoms with Crippen LogP contribution in [0.1, 0.15) is 12.0 Å². The first-order valence-corrected chi connectivity index (χ1v) is 6.64. The number of hydrogen-bond acceptors (Lipinski definition) is 4. The lowest BCUT2D eigenvalue weighted by Gasteiger charge is -2.13. The van der Waals surface area contributed by atoms with Crippen molar-refractivity contribution in [2.24, 2.45) is 0 Å². The van der Waals surface area contributed by atoms with Gasteiger partial charge in [-0.25, -0.2) is 0 Å². The third-order valence-electron chi connectivity index (χ3n) is 2.59. The van der Waals surface area contributed by atoms with E-state index >= 15 is 0 Å². The number of alkyl halides is 3. The minimum atomic E-state index is -4.68. The highest BCUT2D eigenvalue weighted by atomic mass is 19.4. The zero-order chi connectivity index (χ0) is 15.6. The van der Waals surface area contributed by atoms with Crippen molar-refractivity contribution < 1.29 is 27.4 Å². The van der Waals surface area contributed by atoms with Gasteiger partial charge in [-0.05, 0) is 19.0 Å². The Balaban J connectivity index is 2.26. The average Bonchev–Trinajstić information content (AvgIpc) is 2.42. The molecule has 0 aliphatic heterocycles. The Morgan fingerprint density at radius 1 is 1.10 bits per heavy atom. The summed E-state index contributed by atoms with van der Waals surface area (Å²) in [5.41, 5.74) is 0.468. The van der Waals surface area contributed by atoms with E-state index in [4.69, 9.17) is 9.47 Å². The summed E-state index contributed by atoms with van der Waals surface area (Å²) in [7, 11) is 1.60. The number of ether oxygens (including phenoxy) is 3. The second-order valence-electron chi connectivity index (χ2n) is 4.29. The van der Waals surface area contributed by atoms with Crippen LogP contribution in [0.3, 0.4) is 0 Å². The van der Waals surface area contributed by atoms with Gasteiger partial charge < -0.3 is 19.5 Å². The molecule has 1 aromatic carbocycles. The van der Waals surface area contributed by atoms with Gasteiger partial charge >= 0.3 is 6.36 Å². The first kappa shape index (κ1) is 17.7. The van der Waals surface area contributed by atoms with Gasteiger partial charge in [-0.15, -0.1) is 13.2 Å². The van der Waals surface area contributed by atoms with E-state index < -0.39 is 6.36 Å². The van der Waals surface area contributed by atoms with Crippen LogP contribution in [0.2, 0.25) is 0 Å². The van der Waals surface area contributed by atoms with Gasteiger partial charge in [0.15, 0.2) is 0 Å². The molecular formula is C14H20F3NO3. The van der Waals surface area contributed by atoms with Crippen LogP contribution in [0, 0.1) is 0 Å². The Kier molecular flexibility index (Phi) is 8.11. The van der Waals surface area contributed by atoms with Crippen molar-refractivity contribution in [3.05, 3.63) is 29.8 Å². The zero-order valence-corrected chi connectivity index (χ0v) is 11.9. The van der Waals surface area contributed by atoms with E-state index in [1.807, 2.05) is 0 Å². The summed E-state index contributed by atoms with van der Waals surface area (Å²) in [5.74, 6) is -0.172. The van der Waals surface area contributed by atoms with Crippen molar-refractivity contribution >= 4 is 0 Å². The summed E-state index contributed by atoms with van der Waals surface area (Å²) in [4.78, 5) is 0. The topological polar surface area (TPSA) is 39.7 Å². The van der Waals surface area contributed by atoms with Gasteiger partial charge in [0.1, 0.15) is 5.75 Å². The normalized spacial score (nSPS) is 11.6. The lowest BCUT2D eigenvalue weighted by Crippen LogP contribution is -2.21. The molecule has 0 spiro atoms. The van der Waals surface area contributed by atoms with Crippen LogP contribution in [0.15, 0.2) is 24.3 Å².